The molecule has 1 heterocycles. The van der Waals surface area contributed by atoms with Crippen LogP contribution >= 0.6 is 0 Å². The van der Waals surface area contributed by atoms with Gasteiger partial charge in [0.15, 0.2) is 0 Å². The lowest BCUT2D eigenvalue weighted by atomic mass is 10.1. The van der Waals surface area contributed by atoms with Gasteiger partial charge in [-0.1, -0.05) is 42.5 Å². The van der Waals surface area contributed by atoms with Gasteiger partial charge >= 0.3 is 0 Å². The summed E-state index contributed by atoms with van der Waals surface area (Å²) in [6.45, 7) is 1.55. The minimum absolute atomic E-state index is 0.319. The minimum Gasteiger partial charge on any atom is -0.353 e. The molecule has 0 fully saturated rings. The van der Waals surface area contributed by atoms with Crippen LogP contribution < -0.4 is 10.8 Å². The predicted octanol–water partition coefficient (Wildman–Crippen LogP) is 2.45. The largest absolute Gasteiger partial charge is 0.353 e. The van der Waals surface area contributed by atoms with Crippen molar-refractivity contribution in [2.45, 2.75) is 13.0 Å². The zero-order chi connectivity index (χ0) is 17.1. The van der Waals surface area contributed by atoms with Crippen molar-refractivity contribution in [3.63, 3.8) is 0 Å². The van der Waals surface area contributed by atoms with Gasteiger partial charge in [0.05, 0.1) is 16.9 Å². The third kappa shape index (κ3) is 2.87. The van der Waals surface area contributed by atoms with E-state index in [1.807, 2.05) is 42.5 Å². The molecule has 2 amide bonds. The van der Waals surface area contributed by atoms with E-state index in [1.165, 1.54) is 4.90 Å². The molecule has 1 unspecified atom stereocenters. The number of carbonyl (C=O) groups is 2. The summed E-state index contributed by atoms with van der Waals surface area (Å²) in [5.74, 6) is -0.980. The molecule has 122 valence electrons. The molecule has 2 aromatic carbocycles. The van der Waals surface area contributed by atoms with E-state index in [2.05, 4.69) is 5.32 Å². The van der Waals surface area contributed by atoms with Crippen molar-refractivity contribution >= 4 is 23.2 Å². The van der Waals surface area contributed by atoms with Crippen molar-refractivity contribution in [2.24, 2.45) is 0 Å². The number of nitrogens with one attached hydrogen (secondary N) is 2. The number of anilines is 1. The Hall–Kier alpha value is -3.12. The zero-order valence-electron chi connectivity index (χ0n) is 13.1. The second-order valence-electron chi connectivity index (χ2n) is 5.44. The summed E-state index contributed by atoms with van der Waals surface area (Å²) in [4.78, 5) is 26.0. The second kappa shape index (κ2) is 6.55. The molecule has 24 heavy (non-hydrogen) atoms. The summed E-state index contributed by atoms with van der Waals surface area (Å²) in [5, 5.41) is 12.1. The first-order chi connectivity index (χ1) is 11.6. The smallest absolute Gasteiger partial charge is 0.266 e. The van der Waals surface area contributed by atoms with Crippen molar-refractivity contribution in [1.82, 2.24) is 10.4 Å². The number of hydrogen-bond acceptors (Lipinski definition) is 4. The maximum absolute atomic E-state index is 12.9. The van der Waals surface area contributed by atoms with Crippen LogP contribution in [0, 0.1) is 0 Å². The van der Waals surface area contributed by atoms with Crippen LogP contribution in [0.4, 0.5) is 5.69 Å². The third-order valence-corrected chi connectivity index (χ3v) is 3.92. The zero-order valence-corrected chi connectivity index (χ0v) is 13.1. The molecule has 6 nitrogen and oxygen atoms in total. The number of amides is 2. The van der Waals surface area contributed by atoms with Crippen molar-refractivity contribution in [3.8, 4) is 0 Å². The molecule has 0 spiro atoms. The fourth-order valence-corrected chi connectivity index (χ4v) is 2.56. The molecule has 0 aromatic heterocycles. The van der Waals surface area contributed by atoms with Crippen LogP contribution in [0.15, 0.2) is 60.8 Å². The van der Waals surface area contributed by atoms with E-state index in [-0.39, 0.29) is 5.91 Å². The molecule has 0 bridgehead atoms. The average molecular weight is 323 g/mol. The van der Waals surface area contributed by atoms with E-state index in [1.54, 1.807) is 30.7 Å². The Kier molecular flexibility index (Phi) is 4.31. The lowest BCUT2D eigenvalue weighted by Crippen LogP contribution is -2.44. The van der Waals surface area contributed by atoms with Crippen LogP contribution in [-0.2, 0) is 4.79 Å². The Morgan fingerprint density at radius 3 is 2.50 bits per heavy atom. The Labute approximate surface area is 139 Å². The highest BCUT2D eigenvalue weighted by atomic mass is 16.5. The standard InChI is InChI=1S/C18H17N3O3/c1-12(17(22)20-24)21-11-16(13-7-3-2-4-8-13)19-15-10-6-5-9-14(15)18(21)23/h2-12,19,24H,1H3,(H,20,22). The average Bonchev–Trinajstić information content (AvgIpc) is 2.78. The summed E-state index contributed by atoms with van der Waals surface area (Å²) in [5.41, 5.74) is 4.28. The Balaban J connectivity index is 2.12. The summed E-state index contributed by atoms with van der Waals surface area (Å²) < 4.78 is 0. The lowest BCUT2D eigenvalue weighted by molar-refractivity contribution is -0.132. The van der Waals surface area contributed by atoms with Gasteiger partial charge in [0.2, 0.25) is 0 Å². The first-order valence-corrected chi connectivity index (χ1v) is 7.51. The number of hydrogen-bond donors (Lipinski definition) is 3. The number of fused-ring (bicyclic) bond motifs is 1. The maximum Gasteiger partial charge on any atom is 0.266 e. The van der Waals surface area contributed by atoms with Gasteiger partial charge in [-0.15, -0.1) is 0 Å². The molecule has 0 aliphatic carbocycles. The lowest BCUT2D eigenvalue weighted by Gasteiger charge is -2.23. The highest BCUT2D eigenvalue weighted by Crippen LogP contribution is 2.28. The number of carbonyl (C=O) groups excluding carboxylic acids is 2. The number of benzene rings is 2. The fraction of sp³-hybridized carbons (Fsp3) is 0.111. The topological polar surface area (TPSA) is 81.7 Å². The van der Waals surface area contributed by atoms with Gasteiger partial charge in [-0.25, -0.2) is 5.48 Å². The molecule has 0 radical (unpaired) electrons. The molecule has 1 aliphatic rings. The van der Waals surface area contributed by atoms with E-state index in [4.69, 9.17) is 5.21 Å². The number of hydroxylamine groups is 1. The normalized spacial score (nSPS) is 14.8. The first kappa shape index (κ1) is 15.8. The highest BCUT2D eigenvalue weighted by molar-refractivity contribution is 6.05. The van der Waals surface area contributed by atoms with Gasteiger partial charge in [-0.3, -0.25) is 14.8 Å². The van der Waals surface area contributed by atoms with Gasteiger partial charge in [0, 0.05) is 6.20 Å². The quantitative estimate of drug-likeness (QED) is 0.598. The molecular formula is C18H17N3O3. The van der Waals surface area contributed by atoms with Crippen LogP contribution in [0.3, 0.4) is 0 Å². The summed E-state index contributed by atoms with van der Waals surface area (Å²) in [6.07, 6.45) is 1.59. The third-order valence-electron chi connectivity index (χ3n) is 3.92. The van der Waals surface area contributed by atoms with Crippen LogP contribution in [0.1, 0.15) is 22.8 Å². The first-order valence-electron chi connectivity index (χ1n) is 7.51. The van der Waals surface area contributed by atoms with Crippen LogP contribution in [0.2, 0.25) is 0 Å². The summed E-state index contributed by atoms with van der Waals surface area (Å²) in [6, 6.07) is 15.7. The number of rotatable bonds is 3. The molecule has 1 atom stereocenters. The molecule has 6 heteroatoms. The van der Waals surface area contributed by atoms with Gasteiger partial charge in [0.1, 0.15) is 6.04 Å². The second-order valence-corrected chi connectivity index (χ2v) is 5.44. The van der Waals surface area contributed by atoms with Crippen molar-refractivity contribution in [3.05, 3.63) is 71.9 Å². The van der Waals surface area contributed by atoms with E-state index in [9.17, 15) is 9.59 Å². The van der Waals surface area contributed by atoms with Crippen molar-refractivity contribution < 1.29 is 14.8 Å². The molecule has 1 aliphatic heterocycles. The SMILES string of the molecule is CC(C(=O)NO)N1C=C(c2ccccc2)Nc2ccccc2C1=O. The molecular weight excluding hydrogens is 306 g/mol. The number of nitrogens with zero attached hydrogens (tertiary/aromatic N) is 1. The molecule has 0 saturated carbocycles. The van der Waals surface area contributed by atoms with E-state index in [0.29, 0.717) is 16.9 Å². The van der Waals surface area contributed by atoms with Crippen LogP contribution in [0.25, 0.3) is 5.70 Å². The summed E-state index contributed by atoms with van der Waals surface area (Å²) >= 11 is 0. The van der Waals surface area contributed by atoms with Crippen LogP contribution in [-0.4, -0.2) is 28.0 Å². The number of para-hydroxylation sites is 1. The van der Waals surface area contributed by atoms with Crippen LogP contribution in [0.5, 0.6) is 0 Å². The van der Waals surface area contributed by atoms with Gasteiger partial charge in [0.25, 0.3) is 11.8 Å². The highest BCUT2D eigenvalue weighted by Gasteiger charge is 2.29. The maximum atomic E-state index is 12.9. The Morgan fingerprint density at radius 1 is 1.12 bits per heavy atom. The Bertz CT molecular complexity index is 802. The van der Waals surface area contributed by atoms with Gasteiger partial charge < -0.3 is 10.2 Å². The van der Waals surface area contributed by atoms with E-state index in [0.717, 1.165) is 5.56 Å². The molecule has 3 rings (SSSR count). The summed E-state index contributed by atoms with van der Waals surface area (Å²) in [7, 11) is 0. The van der Waals surface area contributed by atoms with Crippen molar-refractivity contribution in [1.29, 1.82) is 0 Å². The Morgan fingerprint density at radius 2 is 1.79 bits per heavy atom. The van der Waals surface area contributed by atoms with E-state index < -0.39 is 11.9 Å². The van der Waals surface area contributed by atoms with E-state index >= 15 is 0 Å². The predicted molar refractivity (Wildman–Crippen MR) is 90.0 cm³/mol. The molecule has 2 aromatic rings. The monoisotopic (exact) mass is 323 g/mol. The fourth-order valence-electron chi connectivity index (χ4n) is 2.56. The molecule has 0 saturated heterocycles. The molecule has 3 N–H and O–H groups in total. The van der Waals surface area contributed by atoms with Gasteiger partial charge in [-0.05, 0) is 24.6 Å². The minimum atomic E-state index is -0.867. The van der Waals surface area contributed by atoms with Gasteiger partial charge in [-0.2, -0.15) is 0 Å². The van der Waals surface area contributed by atoms with Crippen molar-refractivity contribution in [2.75, 3.05) is 5.32 Å².